The quantitative estimate of drug-likeness (QED) is 0.618. The number of carbonyl (C=O) groups excluding carboxylic acids is 1. The molecule has 0 unspecified atom stereocenters. The minimum atomic E-state index is -0.205. The molecule has 0 aliphatic carbocycles. The van der Waals surface area contributed by atoms with E-state index in [2.05, 4.69) is 15.9 Å². The van der Waals surface area contributed by atoms with E-state index in [0.717, 1.165) is 5.56 Å². The number of benzene rings is 2. The molecule has 0 heterocycles. The van der Waals surface area contributed by atoms with Crippen molar-refractivity contribution in [1.29, 1.82) is 0 Å². The van der Waals surface area contributed by atoms with E-state index in [1.54, 1.807) is 6.07 Å². The second-order valence-corrected chi connectivity index (χ2v) is 5.40. The number of hydrogen-bond donors (Lipinski definition) is 1. The van der Waals surface area contributed by atoms with Gasteiger partial charge in [0, 0.05) is 5.02 Å². The first-order chi connectivity index (χ1) is 10.2. The molecule has 2 aromatic rings. The summed E-state index contributed by atoms with van der Waals surface area (Å²) in [6, 6.07) is 12.8. The molecule has 0 saturated heterocycles. The third-order valence-corrected chi connectivity index (χ3v) is 3.84. The lowest BCUT2D eigenvalue weighted by molar-refractivity contribution is 0.101. The Morgan fingerprint density at radius 2 is 1.95 bits per heavy atom. The Hall–Kier alpha value is -1.36. The van der Waals surface area contributed by atoms with Gasteiger partial charge < -0.3 is 9.84 Å². The lowest BCUT2D eigenvalue weighted by Gasteiger charge is -2.13. The molecule has 110 valence electrons. The third kappa shape index (κ3) is 4.06. The van der Waals surface area contributed by atoms with Gasteiger partial charge in [-0.05, 0) is 23.3 Å². The first-order valence-electron chi connectivity index (χ1n) is 6.35. The number of aliphatic hydroxyl groups excluding tert-OH is 1. The highest BCUT2D eigenvalue weighted by molar-refractivity contribution is 9.09. The predicted molar refractivity (Wildman–Crippen MR) is 86.3 cm³/mol. The van der Waals surface area contributed by atoms with Gasteiger partial charge in [-0.2, -0.15) is 0 Å². The van der Waals surface area contributed by atoms with Crippen molar-refractivity contribution in [1.82, 2.24) is 0 Å². The maximum Gasteiger partial charge on any atom is 0.177 e. The van der Waals surface area contributed by atoms with Gasteiger partial charge in [-0.3, -0.25) is 4.79 Å². The third-order valence-electron chi connectivity index (χ3n) is 2.98. The monoisotopic (exact) mass is 368 g/mol. The molecule has 0 fully saturated rings. The highest BCUT2D eigenvalue weighted by atomic mass is 79.9. The summed E-state index contributed by atoms with van der Waals surface area (Å²) in [4.78, 5) is 11.9. The second kappa shape index (κ2) is 7.59. The Morgan fingerprint density at radius 1 is 1.24 bits per heavy atom. The van der Waals surface area contributed by atoms with Gasteiger partial charge in [0.15, 0.2) is 5.78 Å². The minimum absolute atomic E-state index is 0.121. The van der Waals surface area contributed by atoms with Crippen molar-refractivity contribution in [3.05, 3.63) is 64.2 Å². The largest absolute Gasteiger partial charge is 0.488 e. The van der Waals surface area contributed by atoms with Crippen LogP contribution in [0.5, 0.6) is 5.75 Å². The zero-order chi connectivity index (χ0) is 15.2. The number of Topliss-reactive ketones (excluding diaryl/α,β-unsaturated/α-hetero) is 1. The van der Waals surface area contributed by atoms with Crippen molar-refractivity contribution in [2.75, 3.05) is 5.33 Å². The predicted octanol–water partition coefficient (Wildman–Crippen LogP) is 3.99. The zero-order valence-electron chi connectivity index (χ0n) is 11.2. The smallest absolute Gasteiger partial charge is 0.177 e. The summed E-state index contributed by atoms with van der Waals surface area (Å²) >= 11 is 9.18. The molecule has 5 heteroatoms. The average Bonchev–Trinajstić information content (AvgIpc) is 2.53. The summed E-state index contributed by atoms with van der Waals surface area (Å²) in [6.45, 7) is 0.138. The van der Waals surface area contributed by atoms with Crippen molar-refractivity contribution in [2.45, 2.75) is 13.2 Å². The van der Waals surface area contributed by atoms with Crippen molar-refractivity contribution >= 4 is 33.3 Å². The molecule has 3 nitrogen and oxygen atoms in total. The van der Waals surface area contributed by atoms with Crippen LogP contribution in [0.15, 0.2) is 42.5 Å². The van der Waals surface area contributed by atoms with Crippen LogP contribution in [0.2, 0.25) is 5.02 Å². The van der Waals surface area contributed by atoms with E-state index >= 15 is 0 Å². The number of rotatable bonds is 6. The maximum absolute atomic E-state index is 11.9. The number of ketones is 1. The van der Waals surface area contributed by atoms with Gasteiger partial charge in [0.2, 0.25) is 0 Å². The van der Waals surface area contributed by atoms with Crippen LogP contribution in [0.4, 0.5) is 0 Å². The van der Waals surface area contributed by atoms with Crippen molar-refractivity contribution in [3.63, 3.8) is 0 Å². The van der Waals surface area contributed by atoms with Crippen LogP contribution >= 0.6 is 27.5 Å². The first kappa shape index (κ1) is 16.0. The van der Waals surface area contributed by atoms with Gasteiger partial charge in [0.1, 0.15) is 12.4 Å². The Labute approximate surface area is 136 Å². The molecule has 0 atom stereocenters. The highest BCUT2D eigenvalue weighted by Gasteiger charge is 2.15. The number of halogens is 2. The van der Waals surface area contributed by atoms with Gasteiger partial charge >= 0.3 is 0 Å². The van der Waals surface area contributed by atoms with Crippen LogP contribution in [0.1, 0.15) is 21.5 Å². The number of aliphatic hydroxyl groups is 1. The molecule has 0 amide bonds. The Balaban J connectivity index is 2.29. The van der Waals surface area contributed by atoms with E-state index < -0.39 is 0 Å². The first-order valence-corrected chi connectivity index (χ1v) is 7.84. The van der Waals surface area contributed by atoms with Gasteiger partial charge in [0.25, 0.3) is 0 Å². The second-order valence-electron chi connectivity index (χ2n) is 4.43. The highest BCUT2D eigenvalue weighted by Crippen LogP contribution is 2.29. The van der Waals surface area contributed by atoms with Gasteiger partial charge in [-0.25, -0.2) is 0 Å². The molecule has 0 aromatic heterocycles. The molecule has 21 heavy (non-hydrogen) atoms. The summed E-state index contributed by atoms with van der Waals surface area (Å²) < 4.78 is 5.73. The molecule has 2 aromatic carbocycles. The molecule has 0 aliphatic rings. The van der Waals surface area contributed by atoms with Crippen LogP contribution in [0, 0.1) is 0 Å². The number of ether oxygens (including phenoxy) is 1. The molecule has 1 N–H and O–H groups in total. The molecule has 0 spiro atoms. The molecule has 0 radical (unpaired) electrons. The van der Waals surface area contributed by atoms with Crippen molar-refractivity contribution in [3.8, 4) is 5.75 Å². The van der Waals surface area contributed by atoms with Crippen molar-refractivity contribution in [2.24, 2.45) is 0 Å². The maximum atomic E-state index is 11.9. The fourth-order valence-corrected chi connectivity index (χ4v) is 2.39. The van der Waals surface area contributed by atoms with Crippen LogP contribution in [-0.2, 0) is 13.2 Å². The van der Waals surface area contributed by atoms with Gasteiger partial charge in [-0.1, -0.05) is 57.9 Å². The van der Waals surface area contributed by atoms with Gasteiger partial charge in [0.05, 0.1) is 17.5 Å². The van der Waals surface area contributed by atoms with E-state index in [1.165, 1.54) is 6.07 Å². The van der Waals surface area contributed by atoms with Crippen LogP contribution in [-0.4, -0.2) is 16.2 Å². The molecule has 0 aliphatic heterocycles. The summed E-state index contributed by atoms with van der Waals surface area (Å²) in [7, 11) is 0. The summed E-state index contributed by atoms with van der Waals surface area (Å²) in [5.74, 6) is 0.307. The molecule has 0 bridgehead atoms. The Bertz CT molecular complexity index is 629. The van der Waals surface area contributed by atoms with E-state index in [4.69, 9.17) is 16.3 Å². The number of alkyl halides is 1. The Morgan fingerprint density at radius 3 is 2.57 bits per heavy atom. The molecule has 2 rings (SSSR count). The minimum Gasteiger partial charge on any atom is -0.488 e. The van der Waals surface area contributed by atoms with E-state index in [-0.39, 0.29) is 17.7 Å². The fraction of sp³-hybridized carbons (Fsp3) is 0.188. The number of hydrogen-bond acceptors (Lipinski definition) is 3. The lowest BCUT2D eigenvalue weighted by atomic mass is 10.1. The fourth-order valence-electron chi connectivity index (χ4n) is 1.86. The SMILES string of the molecule is O=C(CBr)c1cc(Cl)c(CO)cc1OCc1ccccc1. The topological polar surface area (TPSA) is 46.5 Å². The summed E-state index contributed by atoms with van der Waals surface area (Å²) in [5, 5.41) is 9.82. The zero-order valence-corrected chi connectivity index (χ0v) is 13.5. The Kier molecular flexibility index (Phi) is 5.79. The average molecular weight is 370 g/mol. The van der Waals surface area contributed by atoms with E-state index in [9.17, 15) is 9.90 Å². The molecular formula is C16H14BrClO3. The van der Waals surface area contributed by atoms with Crippen LogP contribution in [0.3, 0.4) is 0 Å². The summed E-state index contributed by atoms with van der Waals surface area (Å²) in [5.41, 5.74) is 1.94. The number of carbonyl (C=O) groups is 1. The summed E-state index contributed by atoms with van der Waals surface area (Å²) in [6.07, 6.45) is 0. The van der Waals surface area contributed by atoms with Gasteiger partial charge in [-0.15, -0.1) is 0 Å². The standard InChI is InChI=1S/C16H14BrClO3/c17-8-15(20)13-7-14(18)12(9-19)6-16(13)21-10-11-4-2-1-3-5-11/h1-7,19H,8-10H2. The normalized spacial score (nSPS) is 10.4. The van der Waals surface area contributed by atoms with Crippen LogP contribution < -0.4 is 4.74 Å². The van der Waals surface area contributed by atoms with Crippen LogP contribution in [0.25, 0.3) is 0 Å². The lowest BCUT2D eigenvalue weighted by Crippen LogP contribution is -2.06. The van der Waals surface area contributed by atoms with E-state index in [0.29, 0.717) is 28.5 Å². The van der Waals surface area contributed by atoms with E-state index in [1.807, 2.05) is 30.3 Å². The van der Waals surface area contributed by atoms with Crippen molar-refractivity contribution < 1.29 is 14.6 Å². The molecule has 0 saturated carbocycles. The molecular weight excluding hydrogens is 356 g/mol.